The summed E-state index contributed by atoms with van der Waals surface area (Å²) in [6.07, 6.45) is 7.93. The molecule has 86 valence electrons. The predicted molar refractivity (Wildman–Crippen MR) is 63.8 cm³/mol. The third-order valence-corrected chi connectivity index (χ3v) is 4.31. The Balaban J connectivity index is 2.20. The van der Waals surface area contributed by atoms with Crippen molar-refractivity contribution in [3.05, 3.63) is 11.6 Å². The number of hydrogen-bond acceptors (Lipinski definition) is 1. The molecule has 1 aliphatic heterocycles. The van der Waals surface area contributed by atoms with E-state index in [9.17, 15) is 0 Å². The first kappa shape index (κ1) is 11.2. The monoisotopic (exact) mass is 208 g/mol. The van der Waals surface area contributed by atoms with Gasteiger partial charge in [0.15, 0.2) is 0 Å². The zero-order chi connectivity index (χ0) is 11.1. The van der Waals surface area contributed by atoms with Gasteiger partial charge in [-0.15, -0.1) is 0 Å². The molecule has 1 heteroatoms. The maximum absolute atomic E-state index is 6.31. The Morgan fingerprint density at radius 3 is 2.87 bits per heavy atom. The van der Waals surface area contributed by atoms with Crippen LogP contribution in [0.1, 0.15) is 53.4 Å². The fourth-order valence-electron chi connectivity index (χ4n) is 3.19. The van der Waals surface area contributed by atoms with Crippen LogP contribution in [0.3, 0.4) is 0 Å². The Bertz CT molecular complexity index is 265. The highest BCUT2D eigenvalue weighted by molar-refractivity contribution is 5.14. The van der Waals surface area contributed by atoms with Gasteiger partial charge in [-0.1, -0.05) is 25.0 Å². The van der Waals surface area contributed by atoms with Gasteiger partial charge in [0.1, 0.15) is 0 Å². The highest BCUT2D eigenvalue weighted by Gasteiger charge is 2.44. The van der Waals surface area contributed by atoms with E-state index in [1.165, 1.54) is 25.7 Å². The van der Waals surface area contributed by atoms with Crippen molar-refractivity contribution in [3.63, 3.8) is 0 Å². The molecule has 0 radical (unpaired) electrons. The Kier molecular flexibility index (Phi) is 2.94. The van der Waals surface area contributed by atoms with Gasteiger partial charge in [0.05, 0.1) is 11.7 Å². The first-order valence-corrected chi connectivity index (χ1v) is 6.39. The van der Waals surface area contributed by atoms with Crippen molar-refractivity contribution < 1.29 is 4.74 Å². The van der Waals surface area contributed by atoms with E-state index in [4.69, 9.17) is 4.74 Å². The average molecular weight is 208 g/mol. The maximum atomic E-state index is 6.31. The first-order valence-electron chi connectivity index (χ1n) is 6.39. The Labute approximate surface area is 93.9 Å². The summed E-state index contributed by atoms with van der Waals surface area (Å²) in [5, 5.41) is 0. The van der Waals surface area contributed by atoms with Gasteiger partial charge in [-0.3, -0.25) is 0 Å². The van der Waals surface area contributed by atoms with E-state index in [0.717, 1.165) is 5.92 Å². The van der Waals surface area contributed by atoms with Crippen LogP contribution in [0.2, 0.25) is 0 Å². The molecule has 0 aromatic rings. The van der Waals surface area contributed by atoms with Crippen molar-refractivity contribution in [3.8, 4) is 0 Å². The van der Waals surface area contributed by atoms with E-state index in [0.29, 0.717) is 12.0 Å². The second-order valence-electron chi connectivity index (χ2n) is 5.77. The minimum Gasteiger partial charge on any atom is -0.371 e. The molecular weight excluding hydrogens is 184 g/mol. The highest BCUT2D eigenvalue weighted by atomic mass is 16.5. The third kappa shape index (κ3) is 1.99. The van der Waals surface area contributed by atoms with E-state index in [1.807, 2.05) is 0 Å². The molecule has 1 aliphatic carbocycles. The summed E-state index contributed by atoms with van der Waals surface area (Å²) >= 11 is 0. The van der Waals surface area contributed by atoms with Gasteiger partial charge in [0.2, 0.25) is 0 Å². The molecule has 0 aromatic heterocycles. The summed E-state index contributed by atoms with van der Waals surface area (Å²) in [4.78, 5) is 0. The predicted octanol–water partition coefficient (Wildman–Crippen LogP) is 3.94. The topological polar surface area (TPSA) is 9.23 Å². The number of fused-ring (bicyclic) bond motifs is 2. The molecule has 1 saturated heterocycles. The summed E-state index contributed by atoms with van der Waals surface area (Å²) in [6.45, 7) is 9.08. The number of allylic oxidation sites excluding steroid dienone is 1. The van der Waals surface area contributed by atoms with Crippen LogP contribution in [0.5, 0.6) is 0 Å². The zero-order valence-electron chi connectivity index (χ0n) is 10.5. The van der Waals surface area contributed by atoms with Gasteiger partial charge in [-0.2, -0.15) is 0 Å². The van der Waals surface area contributed by atoms with Crippen LogP contribution in [-0.4, -0.2) is 11.7 Å². The van der Waals surface area contributed by atoms with E-state index in [1.54, 1.807) is 5.57 Å². The van der Waals surface area contributed by atoms with Crippen molar-refractivity contribution in [2.75, 3.05) is 0 Å². The lowest BCUT2D eigenvalue weighted by Crippen LogP contribution is -2.49. The fraction of sp³-hybridized carbons (Fsp3) is 0.857. The van der Waals surface area contributed by atoms with Gasteiger partial charge in [0.25, 0.3) is 0 Å². The summed E-state index contributed by atoms with van der Waals surface area (Å²) in [5.41, 5.74) is 1.66. The quantitative estimate of drug-likeness (QED) is 0.625. The van der Waals surface area contributed by atoms with E-state index in [-0.39, 0.29) is 5.60 Å². The molecule has 3 atom stereocenters. The van der Waals surface area contributed by atoms with Crippen molar-refractivity contribution >= 4 is 0 Å². The molecule has 0 unspecified atom stereocenters. The molecule has 1 heterocycles. The van der Waals surface area contributed by atoms with Gasteiger partial charge >= 0.3 is 0 Å². The molecule has 0 N–H and O–H groups in total. The second-order valence-corrected chi connectivity index (χ2v) is 5.77. The van der Waals surface area contributed by atoms with Crippen LogP contribution < -0.4 is 0 Å². The summed E-state index contributed by atoms with van der Waals surface area (Å²) in [7, 11) is 0. The minimum atomic E-state index is 0.0908. The molecule has 2 rings (SSSR count). The van der Waals surface area contributed by atoms with Crippen LogP contribution in [0.25, 0.3) is 0 Å². The van der Waals surface area contributed by atoms with Crippen molar-refractivity contribution in [1.82, 2.24) is 0 Å². The Morgan fingerprint density at radius 1 is 1.47 bits per heavy atom. The Hall–Kier alpha value is -0.300. The highest BCUT2D eigenvalue weighted by Crippen LogP contribution is 2.46. The van der Waals surface area contributed by atoms with E-state index >= 15 is 0 Å². The number of ether oxygens (including phenoxy) is 1. The maximum Gasteiger partial charge on any atom is 0.0661 e. The summed E-state index contributed by atoms with van der Waals surface area (Å²) < 4.78 is 6.31. The van der Waals surface area contributed by atoms with Crippen molar-refractivity contribution in [2.24, 2.45) is 11.8 Å². The van der Waals surface area contributed by atoms with E-state index < -0.39 is 0 Å². The van der Waals surface area contributed by atoms with Gasteiger partial charge in [-0.05, 0) is 46.0 Å². The molecule has 0 amide bonds. The van der Waals surface area contributed by atoms with Crippen LogP contribution >= 0.6 is 0 Å². The van der Waals surface area contributed by atoms with Gasteiger partial charge in [-0.25, -0.2) is 0 Å². The molecule has 1 nitrogen and oxygen atoms in total. The van der Waals surface area contributed by atoms with Crippen LogP contribution in [-0.2, 0) is 4.74 Å². The molecule has 0 aromatic carbocycles. The molecule has 15 heavy (non-hydrogen) atoms. The van der Waals surface area contributed by atoms with Crippen LogP contribution in [0.4, 0.5) is 0 Å². The van der Waals surface area contributed by atoms with Gasteiger partial charge < -0.3 is 4.74 Å². The lowest BCUT2D eigenvalue weighted by atomic mass is 9.69. The Morgan fingerprint density at radius 2 is 2.20 bits per heavy atom. The normalized spacial score (nSPS) is 38.7. The lowest BCUT2D eigenvalue weighted by molar-refractivity contribution is -0.165. The fourth-order valence-corrected chi connectivity index (χ4v) is 3.19. The standard InChI is InChI=1S/C14H24O/c1-5-6-13-12-9-11(8-7-10(12)2)14(3,4)15-13/h7,11-13H,5-6,8-9H2,1-4H3/t11-,12-,13+/m1/s1. The first-order chi connectivity index (χ1) is 7.04. The lowest BCUT2D eigenvalue weighted by Gasteiger charge is -2.49. The molecule has 1 fully saturated rings. The van der Waals surface area contributed by atoms with Gasteiger partial charge in [0, 0.05) is 5.92 Å². The largest absolute Gasteiger partial charge is 0.371 e. The molecular formula is C14H24O. The number of rotatable bonds is 2. The van der Waals surface area contributed by atoms with E-state index in [2.05, 4.69) is 33.8 Å². The average Bonchev–Trinajstić information content (AvgIpc) is 2.16. The minimum absolute atomic E-state index is 0.0908. The molecule has 2 bridgehead atoms. The van der Waals surface area contributed by atoms with Crippen molar-refractivity contribution in [2.45, 2.75) is 65.1 Å². The third-order valence-electron chi connectivity index (χ3n) is 4.31. The van der Waals surface area contributed by atoms with Crippen molar-refractivity contribution in [1.29, 1.82) is 0 Å². The smallest absolute Gasteiger partial charge is 0.0661 e. The van der Waals surface area contributed by atoms with Crippen LogP contribution in [0.15, 0.2) is 11.6 Å². The molecule has 0 saturated carbocycles. The summed E-state index contributed by atoms with van der Waals surface area (Å²) in [5.74, 6) is 1.44. The molecule has 0 spiro atoms. The molecule has 2 aliphatic rings. The number of hydrogen-bond donors (Lipinski definition) is 0. The zero-order valence-corrected chi connectivity index (χ0v) is 10.5. The SMILES string of the molecule is CCC[C@@H]1OC(C)(C)[C@@H]2CC=C(C)[C@H]1C2. The second kappa shape index (κ2) is 3.93. The van der Waals surface area contributed by atoms with Crippen LogP contribution in [0, 0.1) is 11.8 Å². The summed E-state index contributed by atoms with van der Waals surface area (Å²) in [6, 6.07) is 0.